The molecule has 5 nitrogen and oxygen atoms in total. The van der Waals surface area contributed by atoms with E-state index in [1.807, 2.05) is 16.3 Å². The number of hydrogen-bond acceptors (Lipinski definition) is 6. The number of carbonyl (C=O) groups excluding carboxylic acids is 1. The van der Waals surface area contributed by atoms with E-state index in [-0.39, 0.29) is 12.0 Å². The van der Waals surface area contributed by atoms with Crippen molar-refractivity contribution < 1.29 is 9.53 Å². The standard InChI is InChI=1S/C12H13N3O2S/c1-17-12(16)9-3-2-5-15(9)11-10-8(4-6-18-10)13-7-14-11/h4,6-7,9H,2-3,5H2,1H3. The fourth-order valence-electron chi connectivity index (χ4n) is 2.38. The molecule has 3 heterocycles. The molecule has 2 aromatic rings. The predicted octanol–water partition coefficient (Wildman–Crippen LogP) is 1.83. The highest BCUT2D eigenvalue weighted by Crippen LogP contribution is 2.32. The molecule has 18 heavy (non-hydrogen) atoms. The lowest BCUT2D eigenvalue weighted by atomic mass is 10.2. The molecule has 0 aromatic carbocycles. The number of hydrogen-bond donors (Lipinski definition) is 0. The number of esters is 1. The molecule has 0 amide bonds. The minimum atomic E-state index is -0.213. The Morgan fingerprint density at radius 2 is 2.44 bits per heavy atom. The van der Waals surface area contributed by atoms with Gasteiger partial charge in [-0.05, 0) is 24.3 Å². The van der Waals surface area contributed by atoms with Crippen molar-refractivity contribution >= 4 is 33.3 Å². The van der Waals surface area contributed by atoms with Crippen LogP contribution < -0.4 is 4.90 Å². The van der Waals surface area contributed by atoms with E-state index >= 15 is 0 Å². The number of carbonyl (C=O) groups is 1. The number of nitrogens with zero attached hydrogens (tertiary/aromatic N) is 3. The molecule has 0 N–H and O–H groups in total. The van der Waals surface area contributed by atoms with Crippen LogP contribution in [-0.4, -0.2) is 35.6 Å². The van der Waals surface area contributed by atoms with Gasteiger partial charge in [0.15, 0.2) is 5.82 Å². The zero-order valence-corrected chi connectivity index (χ0v) is 10.8. The minimum Gasteiger partial charge on any atom is -0.467 e. The summed E-state index contributed by atoms with van der Waals surface area (Å²) >= 11 is 1.60. The lowest BCUT2D eigenvalue weighted by molar-refractivity contribution is -0.141. The van der Waals surface area contributed by atoms with E-state index in [0.717, 1.165) is 35.4 Å². The van der Waals surface area contributed by atoms with Gasteiger partial charge in [-0.1, -0.05) is 0 Å². The molecule has 1 atom stereocenters. The van der Waals surface area contributed by atoms with E-state index in [1.165, 1.54) is 7.11 Å². The van der Waals surface area contributed by atoms with Crippen LogP contribution in [-0.2, 0) is 9.53 Å². The monoisotopic (exact) mass is 263 g/mol. The van der Waals surface area contributed by atoms with Crippen molar-refractivity contribution in [1.82, 2.24) is 9.97 Å². The highest BCUT2D eigenvalue weighted by atomic mass is 32.1. The number of ether oxygens (including phenoxy) is 1. The first-order valence-corrected chi connectivity index (χ1v) is 6.72. The lowest BCUT2D eigenvalue weighted by Gasteiger charge is -2.23. The molecular weight excluding hydrogens is 250 g/mol. The second kappa shape index (κ2) is 4.53. The minimum absolute atomic E-state index is 0.184. The van der Waals surface area contributed by atoms with Gasteiger partial charge >= 0.3 is 5.97 Å². The van der Waals surface area contributed by atoms with Crippen molar-refractivity contribution in [2.75, 3.05) is 18.6 Å². The second-order valence-corrected chi connectivity index (χ2v) is 5.12. The Morgan fingerprint density at radius 1 is 1.56 bits per heavy atom. The zero-order valence-electron chi connectivity index (χ0n) is 10.00. The number of anilines is 1. The van der Waals surface area contributed by atoms with E-state index in [2.05, 4.69) is 9.97 Å². The Bertz CT molecular complexity index is 583. The van der Waals surface area contributed by atoms with Crippen LogP contribution in [0.5, 0.6) is 0 Å². The maximum atomic E-state index is 11.8. The van der Waals surface area contributed by atoms with Gasteiger partial charge in [0.25, 0.3) is 0 Å². The molecule has 0 bridgehead atoms. The average molecular weight is 263 g/mol. The van der Waals surface area contributed by atoms with E-state index in [4.69, 9.17) is 4.74 Å². The fraction of sp³-hybridized carbons (Fsp3) is 0.417. The lowest BCUT2D eigenvalue weighted by Crippen LogP contribution is -2.37. The molecular formula is C12H13N3O2S. The van der Waals surface area contributed by atoms with Gasteiger partial charge in [-0.3, -0.25) is 0 Å². The summed E-state index contributed by atoms with van der Waals surface area (Å²) in [6.45, 7) is 0.837. The average Bonchev–Trinajstić information content (AvgIpc) is 3.05. The highest BCUT2D eigenvalue weighted by Gasteiger charge is 2.33. The van der Waals surface area contributed by atoms with Crippen molar-refractivity contribution in [3.8, 4) is 0 Å². The molecule has 1 saturated heterocycles. The Kier molecular flexibility index (Phi) is 2.87. The summed E-state index contributed by atoms with van der Waals surface area (Å²) in [4.78, 5) is 22.4. The summed E-state index contributed by atoms with van der Waals surface area (Å²) < 4.78 is 5.89. The first kappa shape index (κ1) is 11.4. The van der Waals surface area contributed by atoms with Gasteiger partial charge in [0.1, 0.15) is 12.4 Å². The van der Waals surface area contributed by atoms with E-state index in [9.17, 15) is 4.79 Å². The molecule has 3 rings (SSSR count). The Hall–Kier alpha value is -1.69. The topological polar surface area (TPSA) is 55.3 Å². The Labute approximate surface area is 108 Å². The molecule has 1 unspecified atom stereocenters. The van der Waals surface area contributed by atoms with Crippen LogP contribution in [0.3, 0.4) is 0 Å². The van der Waals surface area contributed by atoms with Gasteiger partial charge in [-0.15, -0.1) is 11.3 Å². The van der Waals surface area contributed by atoms with Crippen molar-refractivity contribution in [1.29, 1.82) is 0 Å². The summed E-state index contributed by atoms with van der Waals surface area (Å²) in [5, 5.41) is 1.99. The molecule has 94 valence electrons. The third-order valence-corrected chi connectivity index (χ3v) is 4.12. The van der Waals surface area contributed by atoms with Crippen molar-refractivity contribution in [3.63, 3.8) is 0 Å². The molecule has 1 aliphatic heterocycles. The Balaban J connectivity index is 2.03. The van der Waals surface area contributed by atoms with Crippen LogP contribution in [0, 0.1) is 0 Å². The van der Waals surface area contributed by atoms with E-state index in [0.29, 0.717) is 0 Å². The van der Waals surface area contributed by atoms with Crippen molar-refractivity contribution in [2.24, 2.45) is 0 Å². The van der Waals surface area contributed by atoms with Gasteiger partial charge in [0.05, 0.1) is 17.3 Å². The normalized spacial score (nSPS) is 19.4. The van der Waals surface area contributed by atoms with Gasteiger partial charge < -0.3 is 9.64 Å². The molecule has 1 fully saturated rings. The molecule has 0 aliphatic carbocycles. The molecule has 0 radical (unpaired) electrons. The number of methoxy groups -OCH3 is 1. The molecule has 6 heteroatoms. The number of thiophene rings is 1. The van der Waals surface area contributed by atoms with Crippen LogP contribution in [0.2, 0.25) is 0 Å². The quantitative estimate of drug-likeness (QED) is 0.774. The predicted molar refractivity (Wildman–Crippen MR) is 69.8 cm³/mol. The number of rotatable bonds is 2. The number of fused-ring (bicyclic) bond motifs is 1. The maximum Gasteiger partial charge on any atom is 0.328 e. The van der Waals surface area contributed by atoms with Crippen LogP contribution >= 0.6 is 11.3 Å². The maximum absolute atomic E-state index is 11.8. The Morgan fingerprint density at radius 3 is 3.28 bits per heavy atom. The summed E-state index contributed by atoms with van der Waals surface area (Å²) in [5.41, 5.74) is 0.931. The molecule has 2 aromatic heterocycles. The summed E-state index contributed by atoms with van der Waals surface area (Å²) in [6.07, 6.45) is 3.36. The van der Waals surface area contributed by atoms with Crippen LogP contribution in [0.25, 0.3) is 10.2 Å². The zero-order chi connectivity index (χ0) is 12.5. The highest BCUT2D eigenvalue weighted by molar-refractivity contribution is 7.17. The van der Waals surface area contributed by atoms with E-state index in [1.54, 1.807) is 17.7 Å². The first-order chi connectivity index (χ1) is 8.81. The SMILES string of the molecule is COC(=O)C1CCCN1c1ncnc2ccsc12. The molecule has 0 saturated carbocycles. The third kappa shape index (κ3) is 1.73. The molecule has 1 aliphatic rings. The van der Waals surface area contributed by atoms with Gasteiger partial charge in [-0.25, -0.2) is 14.8 Å². The van der Waals surface area contributed by atoms with Crippen molar-refractivity contribution in [3.05, 3.63) is 17.8 Å². The number of aromatic nitrogens is 2. The van der Waals surface area contributed by atoms with Crippen LogP contribution in [0.15, 0.2) is 17.8 Å². The van der Waals surface area contributed by atoms with Crippen LogP contribution in [0.4, 0.5) is 5.82 Å². The van der Waals surface area contributed by atoms with Crippen LogP contribution in [0.1, 0.15) is 12.8 Å². The summed E-state index contributed by atoms with van der Waals surface area (Å²) in [5.74, 6) is 0.665. The first-order valence-electron chi connectivity index (χ1n) is 5.84. The smallest absolute Gasteiger partial charge is 0.328 e. The second-order valence-electron chi connectivity index (χ2n) is 4.21. The summed E-state index contributed by atoms with van der Waals surface area (Å²) in [7, 11) is 1.43. The summed E-state index contributed by atoms with van der Waals surface area (Å²) in [6, 6.07) is 1.75. The third-order valence-electron chi connectivity index (χ3n) is 3.22. The van der Waals surface area contributed by atoms with Gasteiger partial charge in [-0.2, -0.15) is 0 Å². The van der Waals surface area contributed by atoms with Crippen molar-refractivity contribution in [2.45, 2.75) is 18.9 Å². The largest absolute Gasteiger partial charge is 0.467 e. The fourth-order valence-corrected chi connectivity index (χ4v) is 3.23. The molecule has 0 spiro atoms. The van der Waals surface area contributed by atoms with Gasteiger partial charge in [0.2, 0.25) is 0 Å². The van der Waals surface area contributed by atoms with E-state index < -0.39 is 0 Å². The van der Waals surface area contributed by atoms with Gasteiger partial charge in [0, 0.05) is 6.54 Å².